The molecule has 0 aliphatic heterocycles. The molecule has 1 N–H and O–H groups in total. The van der Waals surface area contributed by atoms with Gasteiger partial charge in [0, 0.05) is 11.6 Å². The molecule has 0 saturated heterocycles. The minimum Gasteiger partial charge on any atom is -0.394 e. The van der Waals surface area contributed by atoms with E-state index in [9.17, 15) is 0 Å². The van der Waals surface area contributed by atoms with Crippen molar-refractivity contribution in [2.75, 3.05) is 6.61 Å². The second kappa shape index (κ2) is 6.04. The molecule has 3 nitrogen and oxygen atoms in total. The molecule has 1 heterocycles. The summed E-state index contributed by atoms with van der Waals surface area (Å²) < 4.78 is 1.83. The average Bonchev–Trinajstić information content (AvgIpc) is 2.75. The van der Waals surface area contributed by atoms with E-state index in [1.807, 2.05) is 10.9 Å². The molecule has 16 heavy (non-hydrogen) atoms. The van der Waals surface area contributed by atoms with Crippen LogP contribution < -0.4 is 0 Å². The van der Waals surface area contributed by atoms with Crippen LogP contribution in [0.15, 0.2) is 12.3 Å². The summed E-state index contributed by atoms with van der Waals surface area (Å²) in [6, 6.07) is 2.09. The standard InChI is InChI=1S/C13H24N2O/c1-4-6-8-13(3,5-2)12-7-9-15(14-12)10-11-16/h7,9,16H,4-6,8,10-11H2,1-3H3. The molecular formula is C13H24N2O. The zero-order chi connectivity index (χ0) is 12.0. The molecule has 0 spiro atoms. The third-order valence-corrected chi connectivity index (χ3v) is 3.45. The summed E-state index contributed by atoms with van der Waals surface area (Å²) in [4.78, 5) is 0. The Morgan fingerprint density at radius 1 is 1.44 bits per heavy atom. The number of aliphatic hydroxyl groups excluding tert-OH is 1. The number of hydrogen-bond acceptors (Lipinski definition) is 2. The van der Waals surface area contributed by atoms with Crippen molar-refractivity contribution in [3.63, 3.8) is 0 Å². The molecule has 0 amide bonds. The van der Waals surface area contributed by atoms with Gasteiger partial charge in [-0.2, -0.15) is 5.10 Å². The predicted octanol–water partition coefficient (Wildman–Crippen LogP) is 2.73. The lowest BCUT2D eigenvalue weighted by molar-refractivity contribution is 0.267. The Morgan fingerprint density at radius 3 is 2.75 bits per heavy atom. The summed E-state index contributed by atoms with van der Waals surface area (Å²) in [5.74, 6) is 0. The second-order valence-corrected chi connectivity index (χ2v) is 4.71. The molecule has 0 radical (unpaired) electrons. The average molecular weight is 224 g/mol. The Balaban J connectivity index is 2.76. The Labute approximate surface area is 98.5 Å². The maximum absolute atomic E-state index is 8.87. The van der Waals surface area contributed by atoms with Crippen molar-refractivity contribution >= 4 is 0 Å². The molecule has 0 aliphatic carbocycles. The van der Waals surface area contributed by atoms with Crippen LogP contribution in [0.5, 0.6) is 0 Å². The fraction of sp³-hybridized carbons (Fsp3) is 0.769. The minimum absolute atomic E-state index is 0.152. The van der Waals surface area contributed by atoms with E-state index in [0.717, 1.165) is 12.1 Å². The van der Waals surface area contributed by atoms with Crippen molar-refractivity contribution in [3.05, 3.63) is 18.0 Å². The predicted molar refractivity (Wildman–Crippen MR) is 66.5 cm³/mol. The first-order valence-corrected chi connectivity index (χ1v) is 6.31. The van der Waals surface area contributed by atoms with Crippen LogP contribution in [-0.2, 0) is 12.0 Å². The van der Waals surface area contributed by atoms with Crippen LogP contribution >= 0.6 is 0 Å². The molecule has 1 aromatic rings. The summed E-state index contributed by atoms with van der Waals surface area (Å²) in [5, 5.41) is 13.4. The van der Waals surface area contributed by atoms with E-state index in [1.54, 1.807) is 0 Å². The van der Waals surface area contributed by atoms with Gasteiger partial charge in [-0.15, -0.1) is 0 Å². The third kappa shape index (κ3) is 3.08. The molecule has 1 rings (SSSR count). The quantitative estimate of drug-likeness (QED) is 0.773. The van der Waals surface area contributed by atoms with E-state index in [2.05, 4.69) is 31.9 Å². The molecule has 92 valence electrons. The number of aliphatic hydroxyl groups is 1. The monoisotopic (exact) mass is 224 g/mol. The van der Waals surface area contributed by atoms with E-state index in [-0.39, 0.29) is 12.0 Å². The lowest BCUT2D eigenvalue weighted by Crippen LogP contribution is -2.22. The largest absolute Gasteiger partial charge is 0.394 e. The van der Waals surface area contributed by atoms with E-state index in [1.165, 1.54) is 19.3 Å². The summed E-state index contributed by atoms with van der Waals surface area (Å²) in [7, 11) is 0. The number of unbranched alkanes of at least 4 members (excludes halogenated alkanes) is 1. The second-order valence-electron chi connectivity index (χ2n) is 4.71. The number of hydrogen-bond donors (Lipinski definition) is 1. The highest BCUT2D eigenvalue weighted by molar-refractivity contribution is 5.13. The molecule has 1 aromatic heterocycles. The zero-order valence-corrected chi connectivity index (χ0v) is 10.7. The molecule has 0 aliphatic rings. The third-order valence-electron chi connectivity index (χ3n) is 3.45. The van der Waals surface area contributed by atoms with Gasteiger partial charge in [-0.25, -0.2) is 0 Å². The summed E-state index contributed by atoms with van der Waals surface area (Å²) in [5.41, 5.74) is 1.35. The van der Waals surface area contributed by atoms with Gasteiger partial charge in [0.15, 0.2) is 0 Å². The highest BCUT2D eigenvalue weighted by Crippen LogP contribution is 2.31. The Bertz CT molecular complexity index is 309. The van der Waals surface area contributed by atoms with Crippen molar-refractivity contribution in [2.24, 2.45) is 0 Å². The normalized spacial score (nSPS) is 15.0. The lowest BCUT2D eigenvalue weighted by Gasteiger charge is -2.26. The minimum atomic E-state index is 0.152. The SMILES string of the molecule is CCCCC(C)(CC)c1ccn(CCO)n1. The van der Waals surface area contributed by atoms with Crippen LogP contribution in [0, 0.1) is 0 Å². The maximum atomic E-state index is 8.87. The van der Waals surface area contributed by atoms with Crippen LogP contribution in [0.25, 0.3) is 0 Å². The van der Waals surface area contributed by atoms with Gasteiger partial charge >= 0.3 is 0 Å². The molecule has 1 unspecified atom stereocenters. The van der Waals surface area contributed by atoms with E-state index in [0.29, 0.717) is 6.54 Å². The van der Waals surface area contributed by atoms with E-state index in [4.69, 9.17) is 5.11 Å². The Hall–Kier alpha value is -0.830. The van der Waals surface area contributed by atoms with Gasteiger partial charge in [0.1, 0.15) is 0 Å². The van der Waals surface area contributed by atoms with Crippen LogP contribution in [-0.4, -0.2) is 21.5 Å². The van der Waals surface area contributed by atoms with Crippen LogP contribution in [0.2, 0.25) is 0 Å². The number of aromatic nitrogens is 2. The highest BCUT2D eigenvalue weighted by atomic mass is 16.3. The summed E-state index contributed by atoms with van der Waals surface area (Å²) in [6.07, 6.45) is 6.74. The first kappa shape index (κ1) is 13.2. The van der Waals surface area contributed by atoms with Crippen LogP contribution in [0.4, 0.5) is 0 Å². The van der Waals surface area contributed by atoms with Crippen molar-refractivity contribution in [1.82, 2.24) is 9.78 Å². The number of rotatable bonds is 7. The first-order chi connectivity index (χ1) is 7.66. The van der Waals surface area contributed by atoms with Gasteiger partial charge in [-0.05, 0) is 18.9 Å². The zero-order valence-electron chi connectivity index (χ0n) is 10.7. The Kier molecular flexibility index (Phi) is 5.00. The fourth-order valence-electron chi connectivity index (χ4n) is 1.96. The molecule has 0 saturated carbocycles. The summed E-state index contributed by atoms with van der Waals surface area (Å²) in [6.45, 7) is 7.47. The van der Waals surface area contributed by atoms with Gasteiger partial charge in [0.25, 0.3) is 0 Å². The highest BCUT2D eigenvalue weighted by Gasteiger charge is 2.26. The van der Waals surface area contributed by atoms with Gasteiger partial charge < -0.3 is 5.11 Å². The van der Waals surface area contributed by atoms with Crippen molar-refractivity contribution < 1.29 is 5.11 Å². The van der Waals surface area contributed by atoms with E-state index >= 15 is 0 Å². The maximum Gasteiger partial charge on any atom is 0.0683 e. The summed E-state index contributed by atoms with van der Waals surface area (Å²) >= 11 is 0. The van der Waals surface area contributed by atoms with Gasteiger partial charge in [0.05, 0.1) is 18.8 Å². The molecule has 3 heteroatoms. The van der Waals surface area contributed by atoms with Crippen molar-refractivity contribution in [2.45, 2.75) is 58.4 Å². The van der Waals surface area contributed by atoms with Crippen molar-refractivity contribution in [1.29, 1.82) is 0 Å². The molecule has 1 atom stereocenters. The first-order valence-electron chi connectivity index (χ1n) is 6.31. The van der Waals surface area contributed by atoms with Crippen LogP contribution in [0.3, 0.4) is 0 Å². The van der Waals surface area contributed by atoms with Gasteiger partial charge in [-0.3, -0.25) is 4.68 Å². The molecule has 0 bridgehead atoms. The Morgan fingerprint density at radius 2 is 2.19 bits per heavy atom. The van der Waals surface area contributed by atoms with E-state index < -0.39 is 0 Å². The van der Waals surface area contributed by atoms with Crippen LogP contribution in [0.1, 0.15) is 52.1 Å². The molecular weight excluding hydrogens is 200 g/mol. The van der Waals surface area contributed by atoms with Gasteiger partial charge in [0.2, 0.25) is 0 Å². The lowest BCUT2D eigenvalue weighted by atomic mass is 9.79. The molecule has 0 fully saturated rings. The number of nitrogens with zero attached hydrogens (tertiary/aromatic N) is 2. The smallest absolute Gasteiger partial charge is 0.0683 e. The van der Waals surface area contributed by atoms with Gasteiger partial charge in [-0.1, -0.05) is 33.6 Å². The topological polar surface area (TPSA) is 38.0 Å². The van der Waals surface area contributed by atoms with Crippen molar-refractivity contribution in [3.8, 4) is 0 Å². The fourth-order valence-corrected chi connectivity index (χ4v) is 1.96. The molecule has 0 aromatic carbocycles.